The van der Waals surface area contributed by atoms with Crippen molar-refractivity contribution in [2.75, 3.05) is 39.9 Å². The quantitative estimate of drug-likeness (QED) is 0.745. The summed E-state index contributed by atoms with van der Waals surface area (Å²) in [6.45, 7) is 3.48. The number of amides is 1. The highest BCUT2D eigenvalue weighted by Gasteiger charge is 2.42. The summed E-state index contributed by atoms with van der Waals surface area (Å²) < 4.78 is 5.29. The maximum atomic E-state index is 12.7. The smallest absolute Gasteiger partial charge is 0.231 e. The van der Waals surface area contributed by atoms with Crippen LogP contribution in [0.15, 0.2) is 0 Å². The van der Waals surface area contributed by atoms with Gasteiger partial charge < -0.3 is 20.1 Å². The van der Waals surface area contributed by atoms with Crippen LogP contribution in [0.25, 0.3) is 0 Å². The molecule has 104 valence electrons. The Morgan fingerprint density at radius 2 is 2.22 bits per heavy atom. The second-order valence-corrected chi connectivity index (χ2v) is 5.51. The van der Waals surface area contributed by atoms with E-state index in [0.29, 0.717) is 13.2 Å². The van der Waals surface area contributed by atoms with Crippen LogP contribution in [0.2, 0.25) is 0 Å². The molecule has 1 atom stereocenters. The van der Waals surface area contributed by atoms with Gasteiger partial charge in [0.2, 0.25) is 5.91 Å². The molecule has 0 unspecified atom stereocenters. The number of carbonyl (C=O) groups excluding carboxylic acids is 1. The van der Waals surface area contributed by atoms with Gasteiger partial charge in [0.15, 0.2) is 0 Å². The van der Waals surface area contributed by atoms with Gasteiger partial charge in [-0.15, -0.1) is 0 Å². The lowest BCUT2D eigenvalue weighted by molar-refractivity contribution is -0.150. The third kappa shape index (κ3) is 2.84. The van der Waals surface area contributed by atoms with E-state index in [9.17, 15) is 9.90 Å². The molecule has 0 aromatic rings. The molecule has 2 rings (SSSR count). The second kappa shape index (κ2) is 5.99. The highest BCUT2D eigenvalue weighted by molar-refractivity contribution is 5.83. The minimum Gasteiger partial charge on any atom is -0.391 e. The van der Waals surface area contributed by atoms with Crippen LogP contribution < -0.4 is 5.32 Å². The summed E-state index contributed by atoms with van der Waals surface area (Å²) in [5.41, 5.74) is -0.378. The zero-order valence-corrected chi connectivity index (χ0v) is 11.2. The van der Waals surface area contributed by atoms with Gasteiger partial charge in [-0.05, 0) is 38.8 Å². The van der Waals surface area contributed by atoms with Gasteiger partial charge in [0.1, 0.15) is 0 Å². The SMILES string of the molecule is COCC1(C(=O)N2CCC[C@H](O)C2)CCNCC1. The first kappa shape index (κ1) is 13.8. The Labute approximate surface area is 108 Å². The van der Waals surface area contributed by atoms with Crippen molar-refractivity contribution >= 4 is 5.91 Å². The molecule has 2 saturated heterocycles. The molecule has 5 nitrogen and oxygen atoms in total. The normalized spacial score (nSPS) is 28.1. The summed E-state index contributed by atoms with van der Waals surface area (Å²) >= 11 is 0. The molecule has 2 aliphatic heterocycles. The van der Waals surface area contributed by atoms with E-state index < -0.39 is 0 Å². The second-order valence-electron chi connectivity index (χ2n) is 5.51. The van der Waals surface area contributed by atoms with Gasteiger partial charge in [0.25, 0.3) is 0 Å². The number of β-amino-alcohol motifs (C(OH)–C–C–N with tert-alkyl or cyclic N) is 1. The Balaban J connectivity index is 2.07. The molecule has 18 heavy (non-hydrogen) atoms. The number of rotatable bonds is 3. The molecule has 0 aromatic carbocycles. The standard InChI is InChI=1S/C13H24N2O3/c1-18-10-13(4-6-14-7-5-13)12(17)15-8-2-3-11(16)9-15/h11,14,16H,2-10H2,1H3/t11-/m0/s1. The molecular formula is C13H24N2O3. The number of aliphatic hydroxyl groups is 1. The van der Waals surface area contributed by atoms with E-state index in [2.05, 4.69) is 5.32 Å². The molecule has 2 N–H and O–H groups in total. The predicted molar refractivity (Wildman–Crippen MR) is 68.2 cm³/mol. The minimum atomic E-state index is -0.378. The Bertz CT molecular complexity index is 284. The average Bonchev–Trinajstić information content (AvgIpc) is 2.39. The molecule has 0 saturated carbocycles. The van der Waals surface area contributed by atoms with E-state index in [0.717, 1.165) is 45.3 Å². The minimum absolute atomic E-state index is 0.171. The van der Waals surface area contributed by atoms with E-state index >= 15 is 0 Å². The number of piperidine rings is 2. The van der Waals surface area contributed by atoms with E-state index in [1.807, 2.05) is 4.90 Å². The van der Waals surface area contributed by atoms with Gasteiger partial charge in [0, 0.05) is 20.2 Å². The summed E-state index contributed by atoms with van der Waals surface area (Å²) in [7, 11) is 1.65. The van der Waals surface area contributed by atoms with Crippen molar-refractivity contribution < 1.29 is 14.6 Å². The number of aliphatic hydroxyl groups excluding tert-OH is 1. The molecule has 2 fully saturated rings. The van der Waals surface area contributed by atoms with Crippen molar-refractivity contribution in [1.29, 1.82) is 0 Å². The summed E-state index contributed by atoms with van der Waals surface area (Å²) in [4.78, 5) is 14.5. The lowest BCUT2D eigenvalue weighted by Gasteiger charge is -2.41. The number of likely N-dealkylation sites (tertiary alicyclic amines) is 1. The molecule has 2 heterocycles. The number of hydrogen-bond donors (Lipinski definition) is 2. The molecule has 2 aliphatic rings. The summed E-state index contributed by atoms with van der Waals surface area (Å²) in [6, 6.07) is 0. The number of nitrogens with zero attached hydrogens (tertiary/aromatic N) is 1. The highest BCUT2D eigenvalue weighted by atomic mass is 16.5. The number of hydrogen-bond acceptors (Lipinski definition) is 4. The Morgan fingerprint density at radius 3 is 2.83 bits per heavy atom. The number of ether oxygens (including phenoxy) is 1. The summed E-state index contributed by atoms with van der Waals surface area (Å²) in [6.07, 6.45) is 3.00. The van der Waals surface area contributed by atoms with Crippen molar-refractivity contribution in [1.82, 2.24) is 10.2 Å². The number of methoxy groups -OCH3 is 1. The van der Waals surface area contributed by atoms with Crippen LogP contribution in [-0.4, -0.2) is 61.9 Å². The lowest BCUT2D eigenvalue weighted by Crippen LogP contribution is -2.54. The van der Waals surface area contributed by atoms with Gasteiger partial charge in [0.05, 0.1) is 18.1 Å². The van der Waals surface area contributed by atoms with E-state index in [4.69, 9.17) is 4.74 Å². The van der Waals surface area contributed by atoms with Crippen LogP contribution in [0.1, 0.15) is 25.7 Å². The van der Waals surface area contributed by atoms with Crippen LogP contribution in [0.4, 0.5) is 0 Å². The fourth-order valence-corrected chi connectivity index (χ4v) is 3.08. The van der Waals surface area contributed by atoms with Gasteiger partial charge in [-0.1, -0.05) is 0 Å². The fraction of sp³-hybridized carbons (Fsp3) is 0.923. The van der Waals surface area contributed by atoms with Crippen LogP contribution in [-0.2, 0) is 9.53 Å². The summed E-state index contributed by atoms with van der Waals surface area (Å²) in [5, 5.41) is 13.0. The van der Waals surface area contributed by atoms with Crippen LogP contribution in [0, 0.1) is 5.41 Å². The molecule has 1 amide bonds. The number of nitrogens with one attached hydrogen (secondary N) is 1. The fourth-order valence-electron chi connectivity index (χ4n) is 3.08. The monoisotopic (exact) mass is 256 g/mol. The van der Waals surface area contributed by atoms with Gasteiger partial charge in [-0.3, -0.25) is 4.79 Å². The first-order valence-electron chi connectivity index (χ1n) is 6.85. The third-order valence-electron chi connectivity index (χ3n) is 4.12. The van der Waals surface area contributed by atoms with Crippen LogP contribution in [0.5, 0.6) is 0 Å². The van der Waals surface area contributed by atoms with E-state index in [1.54, 1.807) is 7.11 Å². The van der Waals surface area contributed by atoms with E-state index in [1.165, 1.54) is 0 Å². The topological polar surface area (TPSA) is 61.8 Å². The molecule has 5 heteroatoms. The maximum absolute atomic E-state index is 12.7. The van der Waals surface area contributed by atoms with Crippen molar-refractivity contribution in [2.45, 2.75) is 31.8 Å². The Morgan fingerprint density at radius 1 is 1.50 bits per heavy atom. The van der Waals surface area contributed by atoms with E-state index in [-0.39, 0.29) is 17.4 Å². The largest absolute Gasteiger partial charge is 0.391 e. The first-order valence-corrected chi connectivity index (χ1v) is 6.85. The van der Waals surface area contributed by atoms with Crippen molar-refractivity contribution in [3.63, 3.8) is 0 Å². The van der Waals surface area contributed by atoms with Gasteiger partial charge >= 0.3 is 0 Å². The predicted octanol–water partition coefficient (Wildman–Crippen LogP) is -0.0141. The van der Waals surface area contributed by atoms with Crippen molar-refractivity contribution in [3.8, 4) is 0 Å². The maximum Gasteiger partial charge on any atom is 0.231 e. The first-order chi connectivity index (χ1) is 8.68. The van der Waals surface area contributed by atoms with Crippen LogP contribution >= 0.6 is 0 Å². The molecule has 0 bridgehead atoms. The van der Waals surface area contributed by atoms with Gasteiger partial charge in [-0.2, -0.15) is 0 Å². The molecular weight excluding hydrogens is 232 g/mol. The Kier molecular flexibility index (Phi) is 4.59. The van der Waals surface area contributed by atoms with Gasteiger partial charge in [-0.25, -0.2) is 0 Å². The molecule has 0 aromatic heterocycles. The highest BCUT2D eigenvalue weighted by Crippen LogP contribution is 2.32. The zero-order chi connectivity index (χ0) is 13.0. The van der Waals surface area contributed by atoms with Crippen molar-refractivity contribution in [2.24, 2.45) is 5.41 Å². The molecule has 0 radical (unpaired) electrons. The zero-order valence-electron chi connectivity index (χ0n) is 11.2. The summed E-state index contributed by atoms with van der Waals surface area (Å²) in [5.74, 6) is 0.171. The Hall–Kier alpha value is -0.650. The lowest BCUT2D eigenvalue weighted by atomic mass is 9.78. The average molecular weight is 256 g/mol. The third-order valence-corrected chi connectivity index (χ3v) is 4.12. The molecule has 0 spiro atoms. The number of carbonyl (C=O) groups is 1. The molecule has 0 aliphatic carbocycles. The van der Waals surface area contributed by atoms with Crippen molar-refractivity contribution in [3.05, 3.63) is 0 Å². The van der Waals surface area contributed by atoms with Crippen LogP contribution in [0.3, 0.4) is 0 Å².